The van der Waals surface area contributed by atoms with Gasteiger partial charge in [-0.25, -0.2) is 9.48 Å². The van der Waals surface area contributed by atoms with Crippen LogP contribution in [0.5, 0.6) is 0 Å². The smallest absolute Gasteiger partial charge is 0.423 e. The van der Waals surface area contributed by atoms with Gasteiger partial charge in [-0.1, -0.05) is 19.6 Å². The van der Waals surface area contributed by atoms with Crippen molar-refractivity contribution in [3.63, 3.8) is 0 Å². The molecule has 1 aromatic rings. The molecule has 0 amide bonds. The molecular formula is C17H28F3N3O5Si. The lowest BCUT2D eigenvalue weighted by molar-refractivity contribution is -0.149. The fraction of sp³-hybridized carbons (Fsp3) is 0.706. The molecule has 1 aromatic heterocycles. The van der Waals surface area contributed by atoms with Crippen LogP contribution in [0.4, 0.5) is 18.9 Å². The number of aliphatic carboxylic acids is 1. The Morgan fingerprint density at radius 1 is 1.34 bits per heavy atom. The Hall–Kier alpha value is -1.92. The molecule has 12 heteroatoms. The molecule has 29 heavy (non-hydrogen) atoms. The number of nitrogens with zero attached hydrogens (tertiary/aromatic N) is 2. The third-order valence-corrected chi connectivity index (χ3v) is 5.59. The van der Waals surface area contributed by atoms with E-state index in [2.05, 4.69) is 30.1 Å². The highest BCUT2D eigenvalue weighted by Gasteiger charge is 2.38. The van der Waals surface area contributed by atoms with Crippen LogP contribution in [-0.4, -0.2) is 54.3 Å². The number of rotatable bonds is 11. The van der Waals surface area contributed by atoms with Gasteiger partial charge in [-0.3, -0.25) is 4.79 Å². The van der Waals surface area contributed by atoms with Gasteiger partial charge in [0.15, 0.2) is 6.10 Å². The Kier molecular flexibility index (Phi) is 8.84. The zero-order valence-corrected chi connectivity index (χ0v) is 18.2. The second-order valence-corrected chi connectivity index (χ2v) is 13.6. The molecule has 0 aliphatic carbocycles. The van der Waals surface area contributed by atoms with E-state index in [1.807, 2.05) is 0 Å². The zero-order valence-electron chi connectivity index (χ0n) is 17.2. The van der Waals surface area contributed by atoms with Crippen molar-refractivity contribution in [2.75, 3.05) is 18.5 Å². The van der Waals surface area contributed by atoms with E-state index in [9.17, 15) is 22.8 Å². The summed E-state index contributed by atoms with van der Waals surface area (Å²) in [6.07, 6.45) is -5.11. The maximum Gasteiger partial charge on any atom is 0.423 e. The molecule has 1 heterocycles. The van der Waals surface area contributed by atoms with Crippen LogP contribution in [0.25, 0.3) is 0 Å². The lowest BCUT2D eigenvalue weighted by Crippen LogP contribution is -2.35. The van der Waals surface area contributed by atoms with Gasteiger partial charge in [0, 0.05) is 20.7 Å². The molecule has 0 saturated carbocycles. The first-order chi connectivity index (χ1) is 13.2. The predicted molar refractivity (Wildman–Crippen MR) is 104 cm³/mol. The summed E-state index contributed by atoms with van der Waals surface area (Å²) < 4.78 is 51.4. The summed E-state index contributed by atoms with van der Waals surface area (Å²) in [6.45, 7) is 8.98. The number of ether oxygens (including phenoxy) is 2. The maximum atomic E-state index is 13.5. The highest BCUT2D eigenvalue weighted by molar-refractivity contribution is 6.76. The van der Waals surface area contributed by atoms with Gasteiger partial charge in [0.2, 0.25) is 0 Å². The minimum absolute atomic E-state index is 0.173. The number of carboxylic acid groups (broad SMARTS) is 1. The first-order valence-corrected chi connectivity index (χ1v) is 12.8. The molecule has 0 spiro atoms. The Morgan fingerprint density at radius 3 is 2.48 bits per heavy atom. The predicted octanol–water partition coefficient (Wildman–Crippen LogP) is 2.86. The van der Waals surface area contributed by atoms with Crippen molar-refractivity contribution < 1.29 is 32.5 Å². The quantitative estimate of drug-likeness (QED) is 0.404. The molecule has 2 atom stereocenters. The van der Waals surface area contributed by atoms with Crippen LogP contribution in [0.3, 0.4) is 0 Å². The summed E-state index contributed by atoms with van der Waals surface area (Å²) in [4.78, 5) is 23.1. The Morgan fingerprint density at radius 2 is 1.97 bits per heavy atom. The lowest BCUT2D eigenvalue weighted by Gasteiger charge is -2.20. The van der Waals surface area contributed by atoms with E-state index in [0.717, 1.165) is 12.2 Å². The van der Waals surface area contributed by atoms with Gasteiger partial charge >= 0.3 is 12.1 Å². The van der Waals surface area contributed by atoms with E-state index in [1.54, 1.807) is 0 Å². The second-order valence-electron chi connectivity index (χ2n) is 7.94. The van der Waals surface area contributed by atoms with Crippen molar-refractivity contribution in [3.8, 4) is 0 Å². The van der Waals surface area contributed by atoms with Gasteiger partial charge in [-0.05, 0) is 19.9 Å². The van der Waals surface area contributed by atoms with Crippen LogP contribution in [0, 0.1) is 0 Å². The molecule has 0 bridgehead atoms. The number of halogens is 3. The monoisotopic (exact) mass is 439 g/mol. The highest BCUT2D eigenvalue weighted by atomic mass is 28.3. The van der Waals surface area contributed by atoms with Crippen LogP contribution >= 0.6 is 0 Å². The number of aromatic nitrogens is 2. The van der Waals surface area contributed by atoms with E-state index < -0.39 is 49.2 Å². The van der Waals surface area contributed by atoms with Gasteiger partial charge in [0.25, 0.3) is 5.56 Å². The molecule has 0 fully saturated rings. The molecule has 0 radical (unpaired) electrons. The molecule has 1 rings (SSSR count). The van der Waals surface area contributed by atoms with Crippen LogP contribution in [0.15, 0.2) is 11.0 Å². The molecule has 1 unspecified atom stereocenters. The van der Waals surface area contributed by atoms with Crippen molar-refractivity contribution >= 4 is 19.7 Å². The fourth-order valence-electron chi connectivity index (χ4n) is 2.16. The van der Waals surface area contributed by atoms with Gasteiger partial charge < -0.3 is 19.9 Å². The normalized spacial score (nSPS) is 14.5. The minimum atomic E-state index is -4.91. The number of hydrogen-bond donors (Lipinski definition) is 2. The number of nitrogens with one attached hydrogen (secondary N) is 1. The standard InChI is InChI=1S/C17H28F3N3O5Si/c1-11(9-28-12(2)16(25)26)22-13-8-21-23(10-27-6-7-29(3,4)5)15(24)14(13)17(18,19)20/h8,11-12,22H,6-7,9-10H2,1-5H3,(H,25,26)/t11-,12?/m0/s1. The summed E-state index contributed by atoms with van der Waals surface area (Å²) in [7, 11) is -1.37. The minimum Gasteiger partial charge on any atom is -0.479 e. The fourth-order valence-corrected chi connectivity index (χ4v) is 2.92. The Balaban J connectivity index is 2.92. The summed E-state index contributed by atoms with van der Waals surface area (Å²) in [5.41, 5.74) is -3.21. The zero-order chi connectivity index (χ0) is 22.4. The number of alkyl halides is 3. The summed E-state index contributed by atoms with van der Waals surface area (Å²) in [5, 5.41) is 15.1. The van der Waals surface area contributed by atoms with E-state index in [4.69, 9.17) is 14.6 Å². The number of anilines is 1. The molecule has 8 nitrogen and oxygen atoms in total. The van der Waals surface area contributed by atoms with Crippen molar-refractivity contribution in [1.29, 1.82) is 0 Å². The number of carboxylic acids is 1. The molecule has 0 aromatic carbocycles. The van der Waals surface area contributed by atoms with E-state index >= 15 is 0 Å². The average molecular weight is 440 g/mol. The maximum absolute atomic E-state index is 13.5. The number of hydrogen-bond acceptors (Lipinski definition) is 6. The van der Waals surface area contributed by atoms with Crippen molar-refractivity contribution in [1.82, 2.24) is 9.78 Å². The lowest BCUT2D eigenvalue weighted by atomic mass is 10.2. The van der Waals surface area contributed by atoms with Gasteiger partial charge in [-0.2, -0.15) is 18.3 Å². The first-order valence-electron chi connectivity index (χ1n) is 9.08. The SMILES string of the molecule is CC(OC[C@H](C)Nc1cnn(COCC[Si](C)(C)C)c(=O)c1C(F)(F)F)C(=O)O. The van der Waals surface area contributed by atoms with Gasteiger partial charge in [0.1, 0.15) is 12.3 Å². The number of carbonyl (C=O) groups is 1. The van der Waals surface area contributed by atoms with Crippen LogP contribution < -0.4 is 10.9 Å². The highest BCUT2D eigenvalue weighted by Crippen LogP contribution is 2.32. The topological polar surface area (TPSA) is 103 Å². The van der Waals surface area contributed by atoms with E-state index in [0.29, 0.717) is 11.3 Å². The van der Waals surface area contributed by atoms with Crippen LogP contribution in [0.2, 0.25) is 25.7 Å². The van der Waals surface area contributed by atoms with Crippen LogP contribution in [-0.2, 0) is 27.2 Å². The second kappa shape index (κ2) is 10.2. The first kappa shape index (κ1) is 25.1. The van der Waals surface area contributed by atoms with Crippen LogP contribution in [0.1, 0.15) is 19.4 Å². The molecular weight excluding hydrogens is 411 g/mol. The molecule has 2 N–H and O–H groups in total. The van der Waals surface area contributed by atoms with Gasteiger partial charge in [0.05, 0.1) is 18.5 Å². The average Bonchev–Trinajstić information content (AvgIpc) is 2.55. The summed E-state index contributed by atoms with van der Waals surface area (Å²) in [5.74, 6) is -1.19. The molecule has 0 aliphatic rings. The van der Waals surface area contributed by atoms with E-state index in [1.165, 1.54) is 13.8 Å². The van der Waals surface area contributed by atoms with Gasteiger partial charge in [-0.15, -0.1) is 0 Å². The molecule has 0 saturated heterocycles. The molecule has 0 aliphatic heterocycles. The van der Waals surface area contributed by atoms with Crippen molar-refractivity contribution in [3.05, 3.63) is 22.1 Å². The Labute approximate surface area is 168 Å². The Bertz CT molecular complexity index is 749. The summed E-state index contributed by atoms with van der Waals surface area (Å²) in [6, 6.07) is 0.114. The third kappa shape index (κ3) is 8.54. The summed E-state index contributed by atoms with van der Waals surface area (Å²) >= 11 is 0. The molecule has 166 valence electrons. The van der Waals surface area contributed by atoms with Crippen molar-refractivity contribution in [2.45, 2.75) is 64.6 Å². The largest absolute Gasteiger partial charge is 0.479 e. The third-order valence-electron chi connectivity index (χ3n) is 3.88. The van der Waals surface area contributed by atoms with Crippen molar-refractivity contribution in [2.24, 2.45) is 0 Å². The van der Waals surface area contributed by atoms with E-state index in [-0.39, 0.29) is 13.3 Å².